The second-order valence-corrected chi connectivity index (χ2v) is 4.06. The van der Waals surface area contributed by atoms with Gasteiger partial charge in [-0.2, -0.15) is 5.26 Å². The molecule has 0 bridgehead atoms. The highest BCUT2D eigenvalue weighted by molar-refractivity contribution is 5.44. The number of hydrogen-bond donors (Lipinski definition) is 0. The van der Waals surface area contributed by atoms with Crippen molar-refractivity contribution in [2.45, 2.75) is 13.8 Å². The van der Waals surface area contributed by atoms with Crippen LogP contribution in [0.25, 0.3) is 0 Å². The molecule has 0 unspecified atom stereocenters. The summed E-state index contributed by atoms with van der Waals surface area (Å²) in [7, 11) is 1.98. The van der Waals surface area contributed by atoms with E-state index in [-0.39, 0.29) is 5.41 Å². The zero-order valence-corrected chi connectivity index (χ0v) is 8.86. The molecule has 1 heterocycles. The Balaban J connectivity index is 2.70. The number of nitrogens with zero attached hydrogens (tertiary/aromatic N) is 3. The van der Waals surface area contributed by atoms with Gasteiger partial charge in [0.05, 0.1) is 11.5 Å². The number of pyridine rings is 1. The van der Waals surface area contributed by atoms with E-state index in [9.17, 15) is 0 Å². The Bertz CT molecular complexity index is 324. The molecule has 0 N–H and O–H groups in total. The Kier molecular flexibility index (Phi) is 3.08. The molecule has 0 aliphatic heterocycles. The van der Waals surface area contributed by atoms with E-state index in [2.05, 4.69) is 16.0 Å². The maximum Gasteiger partial charge on any atom is 0.0702 e. The van der Waals surface area contributed by atoms with Gasteiger partial charge < -0.3 is 4.90 Å². The number of hydrogen-bond acceptors (Lipinski definition) is 3. The molecule has 0 radical (unpaired) electrons. The van der Waals surface area contributed by atoms with Crippen LogP contribution in [0.15, 0.2) is 24.5 Å². The minimum atomic E-state index is -0.321. The van der Waals surface area contributed by atoms with Crippen molar-refractivity contribution in [3.8, 4) is 6.07 Å². The van der Waals surface area contributed by atoms with Gasteiger partial charge in [0, 0.05) is 31.7 Å². The third-order valence-electron chi connectivity index (χ3n) is 2.04. The monoisotopic (exact) mass is 189 g/mol. The summed E-state index contributed by atoms with van der Waals surface area (Å²) in [5, 5.41) is 8.90. The minimum absolute atomic E-state index is 0.321. The summed E-state index contributed by atoms with van der Waals surface area (Å²) in [6.07, 6.45) is 3.51. The van der Waals surface area contributed by atoms with Crippen molar-refractivity contribution < 1.29 is 0 Å². The lowest BCUT2D eigenvalue weighted by Crippen LogP contribution is -2.30. The molecule has 0 saturated carbocycles. The Labute approximate surface area is 85.0 Å². The van der Waals surface area contributed by atoms with E-state index in [1.165, 1.54) is 0 Å². The Morgan fingerprint density at radius 1 is 1.43 bits per heavy atom. The van der Waals surface area contributed by atoms with Crippen molar-refractivity contribution in [2.24, 2.45) is 5.41 Å². The van der Waals surface area contributed by atoms with Gasteiger partial charge in [-0.3, -0.25) is 4.98 Å². The van der Waals surface area contributed by atoms with Crippen LogP contribution in [0.1, 0.15) is 13.8 Å². The standard InChI is InChI=1S/C11H15N3/c1-11(2,8-12)9-14(3)10-4-6-13-7-5-10/h4-7H,9H2,1-3H3. The van der Waals surface area contributed by atoms with Crippen LogP contribution in [0.2, 0.25) is 0 Å². The first-order chi connectivity index (χ1) is 6.55. The predicted molar refractivity (Wildman–Crippen MR) is 56.9 cm³/mol. The number of aromatic nitrogens is 1. The SMILES string of the molecule is CN(CC(C)(C)C#N)c1ccncc1. The van der Waals surface area contributed by atoms with Crippen molar-refractivity contribution in [3.05, 3.63) is 24.5 Å². The molecule has 1 rings (SSSR count). The van der Waals surface area contributed by atoms with Gasteiger partial charge in [-0.05, 0) is 26.0 Å². The van der Waals surface area contributed by atoms with Crippen molar-refractivity contribution >= 4 is 5.69 Å². The fourth-order valence-corrected chi connectivity index (χ4v) is 1.32. The van der Waals surface area contributed by atoms with Gasteiger partial charge >= 0.3 is 0 Å². The van der Waals surface area contributed by atoms with Gasteiger partial charge in [-0.15, -0.1) is 0 Å². The fraction of sp³-hybridized carbons (Fsp3) is 0.455. The first-order valence-electron chi connectivity index (χ1n) is 4.57. The van der Waals surface area contributed by atoms with Gasteiger partial charge in [0.25, 0.3) is 0 Å². The molecule has 0 saturated heterocycles. The first-order valence-corrected chi connectivity index (χ1v) is 4.57. The Morgan fingerprint density at radius 2 is 2.00 bits per heavy atom. The van der Waals surface area contributed by atoms with Crippen molar-refractivity contribution in [3.63, 3.8) is 0 Å². The Hall–Kier alpha value is -1.56. The maximum absolute atomic E-state index is 8.90. The third-order valence-corrected chi connectivity index (χ3v) is 2.04. The average Bonchev–Trinajstić information content (AvgIpc) is 2.19. The predicted octanol–water partition coefficient (Wildman–Crippen LogP) is 2.07. The highest BCUT2D eigenvalue weighted by atomic mass is 15.1. The van der Waals surface area contributed by atoms with E-state index in [1.54, 1.807) is 12.4 Å². The van der Waals surface area contributed by atoms with Crippen LogP contribution in [-0.4, -0.2) is 18.6 Å². The van der Waals surface area contributed by atoms with Crippen molar-refractivity contribution in [1.29, 1.82) is 5.26 Å². The largest absolute Gasteiger partial charge is 0.373 e. The molecular weight excluding hydrogens is 174 g/mol. The summed E-state index contributed by atoms with van der Waals surface area (Å²) >= 11 is 0. The molecule has 3 heteroatoms. The van der Waals surface area contributed by atoms with E-state index in [0.29, 0.717) is 6.54 Å². The molecule has 74 valence electrons. The minimum Gasteiger partial charge on any atom is -0.373 e. The molecule has 0 aliphatic rings. The molecule has 0 fully saturated rings. The van der Waals surface area contributed by atoms with Crippen LogP contribution in [0.3, 0.4) is 0 Å². The van der Waals surface area contributed by atoms with E-state index in [0.717, 1.165) is 5.69 Å². The second-order valence-electron chi connectivity index (χ2n) is 4.06. The lowest BCUT2D eigenvalue weighted by atomic mass is 9.95. The zero-order valence-electron chi connectivity index (χ0n) is 8.86. The molecule has 0 spiro atoms. The second kappa shape index (κ2) is 4.10. The zero-order chi connectivity index (χ0) is 10.6. The molecule has 14 heavy (non-hydrogen) atoms. The molecule has 0 amide bonds. The van der Waals surface area contributed by atoms with E-state index in [4.69, 9.17) is 5.26 Å². The number of anilines is 1. The summed E-state index contributed by atoms with van der Waals surface area (Å²) in [5.74, 6) is 0. The molecule has 1 aromatic heterocycles. The summed E-state index contributed by atoms with van der Waals surface area (Å²) in [6.45, 7) is 4.59. The van der Waals surface area contributed by atoms with Crippen LogP contribution in [0, 0.1) is 16.7 Å². The molecular formula is C11H15N3. The summed E-state index contributed by atoms with van der Waals surface area (Å²) in [5.41, 5.74) is 0.765. The number of rotatable bonds is 3. The van der Waals surface area contributed by atoms with Crippen LogP contribution < -0.4 is 4.90 Å². The summed E-state index contributed by atoms with van der Waals surface area (Å²) in [4.78, 5) is 6.01. The van der Waals surface area contributed by atoms with Crippen LogP contribution in [-0.2, 0) is 0 Å². The molecule has 0 aromatic carbocycles. The van der Waals surface area contributed by atoms with E-state index < -0.39 is 0 Å². The lowest BCUT2D eigenvalue weighted by molar-refractivity contribution is 0.497. The van der Waals surface area contributed by atoms with Crippen LogP contribution in [0.4, 0.5) is 5.69 Å². The van der Waals surface area contributed by atoms with Gasteiger partial charge in [0.1, 0.15) is 0 Å². The average molecular weight is 189 g/mol. The summed E-state index contributed by atoms with van der Waals surface area (Å²) < 4.78 is 0. The van der Waals surface area contributed by atoms with Crippen LogP contribution in [0.5, 0.6) is 0 Å². The highest BCUT2D eigenvalue weighted by Crippen LogP contribution is 2.19. The van der Waals surface area contributed by atoms with Crippen molar-refractivity contribution in [1.82, 2.24) is 4.98 Å². The smallest absolute Gasteiger partial charge is 0.0702 e. The molecule has 0 atom stereocenters. The molecule has 0 aliphatic carbocycles. The van der Waals surface area contributed by atoms with Gasteiger partial charge in [-0.1, -0.05) is 0 Å². The van der Waals surface area contributed by atoms with Crippen LogP contribution >= 0.6 is 0 Å². The Morgan fingerprint density at radius 3 is 2.50 bits per heavy atom. The maximum atomic E-state index is 8.90. The van der Waals surface area contributed by atoms with Gasteiger partial charge in [0.2, 0.25) is 0 Å². The highest BCUT2D eigenvalue weighted by Gasteiger charge is 2.19. The van der Waals surface area contributed by atoms with E-state index >= 15 is 0 Å². The fourth-order valence-electron chi connectivity index (χ4n) is 1.32. The first kappa shape index (κ1) is 10.5. The lowest BCUT2D eigenvalue weighted by Gasteiger charge is -2.25. The van der Waals surface area contributed by atoms with Gasteiger partial charge in [-0.25, -0.2) is 0 Å². The third kappa shape index (κ3) is 2.74. The number of nitriles is 1. The molecule has 3 nitrogen and oxygen atoms in total. The van der Waals surface area contributed by atoms with E-state index in [1.807, 2.05) is 33.0 Å². The summed E-state index contributed by atoms with van der Waals surface area (Å²) in [6, 6.07) is 6.16. The topological polar surface area (TPSA) is 39.9 Å². The van der Waals surface area contributed by atoms with Crippen molar-refractivity contribution in [2.75, 3.05) is 18.5 Å². The molecule has 1 aromatic rings. The quantitative estimate of drug-likeness (QED) is 0.730. The van der Waals surface area contributed by atoms with Gasteiger partial charge in [0.15, 0.2) is 0 Å². The normalized spacial score (nSPS) is 10.7.